The van der Waals surface area contributed by atoms with Crippen LogP contribution in [0.2, 0.25) is 0 Å². The normalized spacial score (nSPS) is 26.6. The predicted molar refractivity (Wildman–Crippen MR) is 163 cm³/mol. The molecule has 0 unspecified atom stereocenters. The van der Waals surface area contributed by atoms with Gasteiger partial charge in [-0.1, -0.05) is 6.92 Å². The second-order valence-corrected chi connectivity index (χ2v) is 12.2. The van der Waals surface area contributed by atoms with Gasteiger partial charge in [0.05, 0.1) is 24.3 Å². The number of benzene rings is 2. The Labute approximate surface area is 244 Å². The predicted octanol–water partition coefficient (Wildman–Crippen LogP) is 5.91. The van der Waals surface area contributed by atoms with Crippen molar-refractivity contribution >= 4 is 46.2 Å². The van der Waals surface area contributed by atoms with Crippen molar-refractivity contribution in [2.24, 2.45) is 22.4 Å². The maximum Gasteiger partial charge on any atom is 0.302 e. The Morgan fingerprint density at radius 2 is 1.98 bits per heavy atom. The Balaban J connectivity index is 1.20. The molecule has 2 aromatic carbocycles. The lowest BCUT2D eigenvalue weighted by atomic mass is 9.55. The van der Waals surface area contributed by atoms with Gasteiger partial charge in [-0.2, -0.15) is 5.10 Å². The SMILES string of the molecule is COc1ccc(NC(=S)N/N=C/c2coc3cc4c(cc3c2=O)[C@H]2CC[C@]3(C)[C@@H](OC(C)=O)CC[C@H]3[C@@H]2CC4)cc1. The third-order valence-electron chi connectivity index (χ3n) is 9.58. The zero-order valence-electron chi connectivity index (χ0n) is 23.6. The molecule has 3 aliphatic rings. The van der Waals surface area contributed by atoms with E-state index < -0.39 is 0 Å². The fraction of sp³-hybridized carbons (Fsp3) is 0.438. The topological polar surface area (TPSA) is 102 Å². The smallest absolute Gasteiger partial charge is 0.302 e. The van der Waals surface area contributed by atoms with Gasteiger partial charge in [0.1, 0.15) is 23.7 Å². The number of aryl methyl sites for hydroxylation is 1. The Kier molecular flexibility index (Phi) is 7.32. The number of hydrogen-bond acceptors (Lipinski definition) is 7. The number of fused-ring (bicyclic) bond motifs is 6. The number of ether oxygens (including phenoxy) is 2. The summed E-state index contributed by atoms with van der Waals surface area (Å²) in [5, 5.41) is 8.07. The van der Waals surface area contributed by atoms with Crippen LogP contribution in [0.4, 0.5) is 5.69 Å². The number of nitrogens with zero attached hydrogens (tertiary/aromatic N) is 1. The first kappa shape index (κ1) is 27.4. The van der Waals surface area contributed by atoms with Crippen LogP contribution in [0.5, 0.6) is 5.75 Å². The molecule has 214 valence electrons. The minimum Gasteiger partial charge on any atom is -0.497 e. The molecule has 0 radical (unpaired) electrons. The van der Waals surface area contributed by atoms with Gasteiger partial charge in [0.15, 0.2) is 5.11 Å². The van der Waals surface area contributed by atoms with Crippen LogP contribution in [0, 0.1) is 17.3 Å². The van der Waals surface area contributed by atoms with E-state index in [0.717, 1.165) is 50.0 Å². The third-order valence-corrected chi connectivity index (χ3v) is 9.78. The average molecular weight is 574 g/mol. The molecule has 0 spiro atoms. The van der Waals surface area contributed by atoms with Crippen molar-refractivity contribution in [3.8, 4) is 5.75 Å². The van der Waals surface area contributed by atoms with Crippen molar-refractivity contribution in [1.82, 2.24) is 5.43 Å². The molecule has 0 saturated heterocycles. The van der Waals surface area contributed by atoms with Crippen molar-refractivity contribution < 1.29 is 18.7 Å². The molecule has 3 aromatic rings. The van der Waals surface area contributed by atoms with E-state index in [4.69, 9.17) is 26.1 Å². The molecule has 2 saturated carbocycles. The number of hydrazone groups is 1. The molecule has 2 N–H and O–H groups in total. The zero-order valence-corrected chi connectivity index (χ0v) is 24.4. The first-order valence-electron chi connectivity index (χ1n) is 14.3. The van der Waals surface area contributed by atoms with Gasteiger partial charge in [-0.15, -0.1) is 0 Å². The maximum atomic E-state index is 13.5. The lowest BCUT2D eigenvalue weighted by Gasteiger charge is -2.50. The number of nitrogens with one attached hydrogen (secondary N) is 2. The maximum absolute atomic E-state index is 13.5. The molecule has 2 fully saturated rings. The highest BCUT2D eigenvalue weighted by atomic mass is 32.1. The lowest BCUT2D eigenvalue weighted by Crippen LogP contribution is -2.45. The van der Waals surface area contributed by atoms with Crippen molar-refractivity contribution in [2.45, 2.75) is 64.4 Å². The van der Waals surface area contributed by atoms with E-state index in [1.807, 2.05) is 24.3 Å². The van der Waals surface area contributed by atoms with E-state index >= 15 is 0 Å². The highest BCUT2D eigenvalue weighted by Gasteiger charge is 2.56. The minimum absolute atomic E-state index is 0.00531. The Morgan fingerprint density at radius 1 is 1.17 bits per heavy atom. The molecule has 8 nitrogen and oxygen atoms in total. The van der Waals surface area contributed by atoms with Crippen LogP contribution in [-0.2, 0) is 16.0 Å². The highest BCUT2D eigenvalue weighted by molar-refractivity contribution is 7.80. The van der Waals surface area contributed by atoms with Gasteiger partial charge in [-0.25, -0.2) is 0 Å². The van der Waals surface area contributed by atoms with Crippen molar-refractivity contribution in [2.75, 3.05) is 12.4 Å². The van der Waals surface area contributed by atoms with Crippen LogP contribution in [0.1, 0.15) is 68.6 Å². The summed E-state index contributed by atoms with van der Waals surface area (Å²) in [7, 11) is 1.61. The first-order valence-corrected chi connectivity index (χ1v) is 14.7. The van der Waals surface area contributed by atoms with Gasteiger partial charge in [0.2, 0.25) is 5.43 Å². The number of rotatable bonds is 5. The molecule has 1 heterocycles. The van der Waals surface area contributed by atoms with E-state index in [1.54, 1.807) is 7.11 Å². The van der Waals surface area contributed by atoms with Gasteiger partial charge in [0, 0.05) is 18.0 Å². The van der Waals surface area contributed by atoms with E-state index in [0.29, 0.717) is 39.4 Å². The van der Waals surface area contributed by atoms with Crippen LogP contribution < -0.4 is 20.9 Å². The summed E-state index contributed by atoms with van der Waals surface area (Å²) in [5.74, 6) is 2.01. The standard InChI is InChI=1S/C32H35N3O5S/c1-18(36)40-29-11-10-27-24-9-4-19-14-28-26(15-25(19)23(24)12-13-32(27,29)2)30(37)20(17-39-28)16-33-35-31(41)34-21-5-7-22(38-3)8-6-21/h5-8,14-17,23-24,27,29H,4,9-13H2,1-3H3,(H2,34,35,41)/b33-16+/t23-,24+,27-,29-,32-/m0/s1. The van der Waals surface area contributed by atoms with E-state index in [-0.39, 0.29) is 22.9 Å². The van der Waals surface area contributed by atoms with Crippen LogP contribution in [-0.4, -0.2) is 30.5 Å². The van der Waals surface area contributed by atoms with E-state index in [1.165, 1.54) is 30.5 Å². The van der Waals surface area contributed by atoms with E-state index in [2.05, 4.69) is 34.9 Å². The Morgan fingerprint density at radius 3 is 2.73 bits per heavy atom. The number of thiocarbonyl (C=S) groups is 1. The average Bonchev–Trinajstić information content (AvgIpc) is 3.29. The molecule has 0 amide bonds. The molecule has 5 atom stereocenters. The molecular formula is C32H35N3O5S. The van der Waals surface area contributed by atoms with Gasteiger partial charge in [0.25, 0.3) is 0 Å². The van der Waals surface area contributed by atoms with Crippen molar-refractivity contribution in [3.05, 3.63) is 69.6 Å². The quantitative estimate of drug-likeness (QED) is 0.168. The van der Waals surface area contributed by atoms with Crippen LogP contribution >= 0.6 is 12.2 Å². The van der Waals surface area contributed by atoms with Gasteiger partial charge >= 0.3 is 5.97 Å². The molecule has 3 aliphatic carbocycles. The number of methoxy groups -OCH3 is 1. The summed E-state index contributed by atoms with van der Waals surface area (Å²) in [5.41, 5.74) is 6.95. The zero-order chi connectivity index (χ0) is 28.7. The molecule has 0 aliphatic heterocycles. The van der Waals surface area contributed by atoms with Crippen molar-refractivity contribution in [1.29, 1.82) is 0 Å². The number of esters is 1. The number of carbonyl (C=O) groups excluding carboxylic acids is 1. The highest BCUT2D eigenvalue weighted by Crippen LogP contribution is 2.61. The fourth-order valence-electron chi connectivity index (χ4n) is 7.64. The second-order valence-electron chi connectivity index (χ2n) is 11.8. The monoisotopic (exact) mass is 573 g/mol. The first-order chi connectivity index (χ1) is 19.8. The minimum atomic E-state index is -0.184. The molecule has 1 aromatic heterocycles. The Bertz CT molecular complexity index is 1580. The second kappa shape index (κ2) is 10.9. The van der Waals surface area contributed by atoms with Crippen LogP contribution in [0.25, 0.3) is 11.0 Å². The number of hydrogen-bond donors (Lipinski definition) is 2. The Hall–Kier alpha value is -3.72. The van der Waals surface area contributed by atoms with E-state index in [9.17, 15) is 9.59 Å². The fourth-order valence-corrected chi connectivity index (χ4v) is 7.81. The molecule has 6 rings (SSSR count). The summed E-state index contributed by atoms with van der Waals surface area (Å²) in [6.45, 7) is 3.83. The number of anilines is 1. The molecular weight excluding hydrogens is 538 g/mol. The molecule has 9 heteroatoms. The third kappa shape index (κ3) is 5.12. The van der Waals surface area contributed by atoms with Gasteiger partial charge in [-0.3, -0.25) is 15.0 Å². The summed E-state index contributed by atoms with van der Waals surface area (Å²) in [4.78, 5) is 25.2. The van der Waals surface area contributed by atoms with Gasteiger partial charge in [-0.05, 0) is 116 Å². The van der Waals surface area contributed by atoms with Crippen molar-refractivity contribution in [3.63, 3.8) is 0 Å². The van der Waals surface area contributed by atoms with Crippen LogP contribution in [0.15, 0.2) is 57.0 Å². The summed E-state index contributed by atoms with van der Waals surface area (Å²) in [6.07, 6.45) is 9.05. The molecule has 0 bridgehead atoms. The summed E-state index contributed by atoms with van der Waals surface area (Å²) < 4.78 is 16.9. The van der Waals surface area contributed by atoms with Crippen LogP contribution in [0.3, 0.4) is 0 Å². The van der Waals surface area contributed by atoms with Gasteiger partial charge < -0.3 is 19.2 Å². The largest absolute Gasteiger partial charge is 0.497 e. The summed E-state index contributed by atoms with van der Waals surface area (Å²) in [6, 6.07) is 11.5. The molecule has 41 heavy (non-hydrogen) atoms. The number of carbonyl (C=O) groups is 1. The lowest BCUT2D eigenvalue weighted by molar-refractivity contribution is -0.154. The summed E-state index contributed by atoms with van der Waals surface area (Å²) >= 11 is 5.32.